The average Bonchev–Trinajstić information content (AvgIpc) is 2.49. The molecule has 0 amide bonds. The predicted octanol–water partition coefficient (Wildman–Crippen LogP) is 3.44. The van der Waals surface area contributed by atoms with Crippen LogP contribution in [-0.4, -0.2) is 48.3 Å². The van der Waals surface area contributed by atoms with Crippen LogP contribution in [0.4, 0.5) is 13.2 Å². The summed E-state index contributed by atoms with van der Waals surface area (Å²) in [4.78, 5) is 2.47. The van der Waals surface area contributed by atoms with E-state index in [2.05, 4.69) is 10.2 Å². The Morgan fingerprint density at radius 3 is 2.48 bits per heavy atom. The molecule has 1 atom stereocenters. The molecule has 2 N–H and O–H groups in total. The van der Waals surface area contributed by atoms with Gasteiger partial charge in [-0.25, -0.2) is 0 Å². The molecular weight excluding hydrogens is 349 g/mol. The second kappa shape index (κ2) is 9.74. The number of hydrogen-bond acceptors (Lipinski definition) is 4. The fourth-order valence-corrected chi connectivity index (χ4v) is 3.50. The van der Waals surface area contributed by atoms with Crippen molar-refractivity contribution in [1.82, 2.24) is 10.2 Å². The fourth-order valence-electron chi connectivity index (χ4n) is 2.79. The van der Waals surface area contributed by atoms with Crippen molar-refractivity contribution in [3.8, 4) is 0 Å². The Bertz CT molecular complexity index is 470. The molecule has 0 radical (unpaired) electrons. The zero-order valence-electron chi connectivity index (χ0n) is 12.7. The number of thioether (sulfide) groups is 1. The second-order valence-electron chi connectivity index (χ2n) is 5.25. The van der Waals surface area contributed by atoms with Crippen molar-refractivity contribution in [2.24, 2.45) is 0 Å². The van der Waals surface area contributed by atoms with Crippen molar-refractivity contribution >= 4 is 24.2 Å². The van der Waals surface area contributed by atoms with E-state index in [4.69, 9.17) is 5.11 Å². The Hall–Kier alpha value is -0.470. The minimum atomic E-state index is -4.29. The van der Waals surface area contributed by atoms with Crippen LogP contribution in [0.3, 0.4) is 0 Å². The number of nitrogens with one attached hydrogen (secondary N) is 1. The molecule has 1 saturated heterocycles. The van der Waals surface area contributed by atoms with Gasteiger partial charge in [0.05, 0.1) is 0 Å². The SMILES string of the molecule is Cl.OCCC[C@@H](c1ccccc1SC(F)(F)F)N1CCNCC1. The Kier molecular flexibility index (Phi) is 8.71. The smallest absolute Gasteiger partial charge is 0.396 e. The number of hydrogen-bond donors (Lipinski definition) is 2. The lowest BCUT2D eigenvalue weighted by molar-refractivity contribution is -0.0328. The van der Waals surface area contributed by atoms with E-state index in [0.29, 0.717) is 18.4 Å². The molecule has 1 fully saturated rings. The van der Waals surface area contributed by atoms with Crippen LogP contribution in [0.15, 0.2) is 29.2 Å². The molecule has 1 aromatic carbocycles. The molecule has 0 bridgehead atoms. The number of benzene rings is 1. The highest BCUT2D eigenvalue weighted by Gasteiger charge is 2.32. The minimum Gasteiger partial charge on any atom is -0.396 e. The first-order chi connectivity index (χ1) is 10.5. The predicted molar refractivity (Wildman–Crippen MR) is 89.1 cm³/mol. The van der Waals surface area contributed by atoms with Crippen molar-refractivity contribution in [2.75, 3.05) is 32.8 Å². The lowest BCUT2D eigenvalue weighted by Crippen LogP contribution is -2.45. The van der Waals surface area contributed by atoms with E-state index >= 15 is 0 Å². The molecule has 2 rings (SSSR count). The normalized spacial score (nSPS) is 17.6. The van der Waals surface area contributed by atoms with Crippen LogP contribution in [0.5, 0.6) is 0 Å². The molecular formula is C15H22ClF3N2OS. The van der Waals surface area contributed by atoms with Crippen LogP contribution in [-0.2, 0) is 0 Å². The Morgan fingerprint density at radius 1 is 1.22 bits per heavy atom. The summed E-state index contributed by atoms with van der Waals surface area (Å²) in [6, 6.07) is 6.64. The van der Waals surface area contributed by atoms with Crippen LogP contribution in [0.25, 0.3) is 0 Å². The van der Waals surface area contributed by atoms with E-state index in [1.165, 1.54) is 6.07 Å². The lowest BCUT2D eigenvalue weighted by atomic mass is 9.99. The molecule has 1 aromatic rings. The largest absolute Gasteiger partial charge is 0.446 e. The number of halogens is 4. The van der Waals surface area contributed by atoms with Gasteiger partial charge in [-0.2, -0.15) is 13.2 Å². The van der Waals surface area contributed by atoms with Crippen LogP contribution in [0, 0.1) is 0 Å². The Balaban J connectivity index is 0.00000264. The first kappa shape index (κ1) is 20.6. The average molecular weight is 371 g/mol. The molecule has 132 valence electrons. The zero-order chi connectivity index (χ0) is 16.0. The topological polar surface area (TPSA) is 35.5 Å². The van der Waals surface area contributed by atoms with Gasteiger partial charge >= 0.3 is 5.51 Å². The molecule has 0 spiro atoms. The van der Waals surface area contributed by atoms with Gasteiger partial charge in [0, 0.05) is 43.7 Å². The molecule has 0 aliphatic carbocycles. The molecule has 0 unspecified atom stereocenters. The third-order valence-corrected chi connectivity index (χ3v) is 4.55. The molecule has 0 saturated carbocycles. The zero-order valence-corrected chi connectivity index (χ0v) is 14.3. The van der Waals surface area contributed by atoms with Gasteiger partial charge in [-0.15, -0.1) is 12.4 Å². The number of rotatable bonds is 6. The fraction of sp³-hybridized carbons (Fsp3) is 0.600. The molecule has 23 heavy (non-hydrogen) atoms. The van der Waals surface area contributed by atoms with Crippen molar-refractivity contribution in [2.45, 2.75) is 29.3 Å². The van der Waals surface area contributed by atoms with Gasteiger partial charge < -0.3 is 10.4 Å². The summed E-state index contributed by atoms with van der Waals surface area (Å²) in [5.41, 5.74) is -3.58. The van der Waals surface area contributed by atoms with Crippen LogP contribution < -0.4 is 5.32 Å². The summed E-state index contributed by atoms with van der Waals surface area (Å²) in [5.74, 6) is 0. The summed E-state index contributed by atoms with van der Waals surface area (Å²) in [7, 11) is 0. The summed E-state index contributed by atoms with van der Waals surface area (Å²) in [6.45, 7) is 3.34. The highest BCUT2D eigenvalue weighted by Crippen LogP contribution is 2.42. The number of alkyl halides is 3. The lowest BCUT2D eigenvalue weighted by Gasteiger charge is -2.36. The van der Waals surface area contributed by atoms with E-state index in [0.717, 1.165) is 26.2 Å². The van der Waals surface area contributed by atoms with E-state index in [1.807, 2.05) is 0 Å². The third-order valence-electron chi connectivity index (χ3n) is 3.73. The molecule has 3 nitrogen and oxygen atoms in total. The molecule has 1 heterocycles. The maximum atomic E-state index is 12.8. The van der Waals surface area contributed by atoms with Crippen LogP contribution in [0.1, 0.15) is 24.4 Å². The van der Waals surface area contributed by atoms with Crippen molar-refractivity contribution in [3.05, 3.63) is 29.8 Å². The van der Waals surface area contributed by atoms with Gasteiger partial charge in [0.25, 0.3) is 0 Å². The molecule has 8 heteroatoms. The maximum Gasteiger partial charge on any atom is 0.446 e. The quantitative estimate of drug-likeness (QED) is 0.752. The summed E-state index contributed by atoms with van der Waals surface area (Å²) < 4.78 is 38.3. The number of aliphatic hydroxyl groups is 1. The van der Waals surface area contributed by atoms with Crippen LogP contribution in [0.2, 0.25) is 0 Å². The van der Waals surface area contributed by atoms with E-state index < -0.39 is 5.51 Å². The molecule has 1 aliphatic heterocycles. The number of aliphatic hydroxyl groups excluding tert-OH is 1. The third kappa shape index (κ3) is 6.51. The molecule has 1 aliphatic rings. The van der Waals surface area contributed by atoms with E-state index in [1.54, 1.807) is 18.2 Å². The van der Waals surface area contributed by atoms with Gasteiger partial charge in [0.2, 0.25) is 0 Å². The Morgan fingerprint density at radius 2 is 1.87 bits per heavy atom. The standard InChI is InChI=1S/C15H21F3N2OS.ClH/c16-15(17,18)22-14-6-2-1-4-12(14)13(5-3-11-21)20-9-7-19-8-10-20;/h1-2,4,6,13,19,21H,3,5,7-11H2;1H/t13-;/m0./s1. The molecule has 0 aromatic heterocycles. The van der Waals surface area contributed by atoms with Gasteiger partial charge in [0.1, 0.15) is 0 Å². The number of piperazine rings is 1. The van der Waals surface area contributed by atoms with Gasteiger partial charge in [-0.1, -0.05) is 18.2 Å². The van der Waals surface area contributed by atoms with E-state index in [-0.39, 0.29) is 41.7 Å². The first-order valence-electron chi connectivity index (χ1n) is 7.41. The summed E-state index contributed by atoms with van der Waals surface area (Å²) >= 11 is -0.0516. The Labute approximate surface area is 145 Å². The first-order valence-corrected chi connectivity index (χ1v) is 8.23. The number of nitrogens with zero attached hydrogens (tertiary/aromatic N) is 1. The van der Waals surface area contributed by atoms with Gasteiger partial charge in [-0.05, 0) is 36.2 Å². The minimum absolute atomic E-state index is 0. The van der Waals surface area contributed by atoms with Crippen molar-refractivity contribution in [1.29, 1.82) is 0 Å². The second-order valence-corrected chi connectivity index (χ2v) is 6.36. The summed E-state index contributed by atoms with van der Waals surface area (Å²) in [6.07, 6.45) is 1.24. The monoisotopic (exact) mass is 370 g/mol. The highest BCUT2D eigenvalue weighted by atomic mass is 35.5. The van der Waals surface area contributed by atoms with Crippen molar-refractivity contribution in [3.63, 3.8) is 0 Å². The summed E-state index contributed by atoms with van der Waals surface area (Å²) in [5, 5.41) is 12.4. The van der Waals surface area contributed by atoms with Crippen molar-refractivity contribution < 1.29 is 18.3 Å². The maximum absolute atomic E-state index is 12.8. The van der Waals surface area contributed by atoms with Crippen LogP contribution >= 0.6 is 24.2 Å². The van der Waals surface area contributed by atoms with Gasteiger partial charge in [-0.3, -0.25) is 4.90 Å². The van der Waals surface area contributed by atoms with Gasteiger partial charge in [0.15, 0.2) is 0 Å². The highest BCUT2D eigenvalue weighted by molar-refractivity contribution is 8.00. The van der Waals surface area contributed by atoms with E-state index in [9.17, 15) is 13.2 Å².